The molecule has 88 valence electrons. The summed E-state index contributed by atoms with van der Waals surface area (Å²) in [5.74, 6) is 0. The first-order valence-electron chi connectivity index (χ1n) is 5.76. The molecule has 2 rings (SSSR count). The Labute approximate surface area is 102 Å². The molecule has 0 aliphatic heterocycles. The standard InChI is InChI=1S/C15H17NO/c1-12-5-3-7-14(9-12)15(2,17)10-13-6-4-8-16-11-13/h3-9,11,17H,10H2,1-2H3. The summed E-state index contributed by atoms with van der Waals surface area (Å²) >= 11 is 0. The summed E-state index contributed by atoms with van der Waals surface area (Å²) < 4.78 is 0. The van der Waals surface area contributed by atoms with Crippen LogP contribution in [0.4, 0.5) is 0 Å². The Morgan fingerprint density at radius 3 is 2.71 bits per heavy atom. The van der Waals surface area contributed by atoms with E-state index in [1.807, 2.05) is 50.2 Å². The van der Waals surface area contributed by atoms with E-state index in [2.05, 4.69) is 4.98 Å². The van der Waals surface area contributed by atoms with E-state index in [1.165, 1.54) is 0 Å². The molecule has 17 heavy (non-hydrogen) atoms. The summed E-state index contributed by atoms with van der Waals surface area (Å²) in [6.45, 7) is 3.87. The van der Waals surface area contributed by atoms with Gasteiger partial charge in [-0.1, -0.05) is 35.9 Å². The summed E-state index contributed by atoms with van der Waals surface area (Å²) in [4.78, 5) is 4.07. The van der Waals surface area contributed by atoms with Crippen molar-refractivity contribution in [2.75, 3.05) is 0 Å². The number of hydrogen-bond donors (Lipinski definition) is 1. The number of aromatic nitrogens is 1. The fourth-order valence-electron chi connectivity index (χ4n) is 1.98. The molecule has 1 aromatic heterocycles. The second-order valence-electron chi connectivity index (χ2n) is 4.68. The van der Waals surface area contributed by atoms with Gasteiger partial charge in [0.2, 0.25) is 0 Å². The van der Waals surface area contributed by atoms with Crippen LogP contribution < -0.4 is 0 Å². The molecule has 0 saturated carbocycles. The molecule has 0 bridgehead atoms. The predicted molar refractivity (Wildman–Crippen MR) is 68.7 cm³/mol. The van der Waals surface area contributed by atoms with Gasteiger partial charge in [0, 0.05) is 18.8 Å². The maximum absolute atomic E-state index is 10.5. The van der Waals surface area contributed by atoms with Crippen molar-refractivity contribution in [3.05, 3.63) is 65.5 Å². The highest BCUT2D eigenvalue weighted by Gasteiger charge is 2.23. The molecule has 2 aromatic rings. The van der Waals surface area contributed by atoms with Gasteiger partial charge in [0.05, 0.1) is 5.60 Å². The third kappa shape index (κ3) is 2.92. The molecule has 0 amide bonds. The van der Waals surface area contributed by atoms with Gasteiger partial charge < -0.3 is 5.11 Å². The van der Waals surface area contributed by atoms with Crippen molar-refractivity contribution < 1.29 is 5.11 Å². The molecular weight excluding hydrogens is 210 g/mol. The van der Waals surface area contributed by atoms with E-state index in [9.17, 15) is 5.11 Å². The molecule has 0 fully saturated rings. The van der Waals surface area contributed by atoms with Crippen LogP contribution in [-0.2, 0) is 12.0 Å². The molecule has 2 nitrogen and oxygen atoms in total. The second kappa shape index (κ2) is 4.68. The van der Waals surface area contributed by atoms with Gasteiger partial charge in [0.25, 0.3) is 0 Å². The molecule has 1 unspecified atom stereocenters. The van der Waals surface area contributed by atoms with Gasteiger partial charge in [0.15, 0.2) is 0 Å². The van der Waals surface area contributed by atoms with Gasteiger partial charge in [-0.3, -0.25) is 4.98 Å². The third-order valence-corrected chi connectivity index (χ3v) is 2.91. The van der Waals surface area contributed by atoms with Crippen molar-refractivity contribution in [3.8, 4) is 0 Å². The minimum absolute atomic E-state index is 0.574. The van der Waals surface area contributed by atoms with Crippen LogP contribution in [-0.4, -0.2) is 10.1 Å². The zero-order valence-corrected chi connectivity index (χ0v) is 10.2. The number of benzene rings is 1. The SMILES string of the molecule is Cc1cccc(C(C)(O)Cc2cccnc2)c1. The lowest BCUT2D eigenvalue weighted by Gasteiger charge is -2.24. The molecule has 1 aromatic carbocycles. The van der Waals surface area contributed by atoms with Gasteiger partial charge in [-0.25, -0.2) is 0 Å². The Balaban J connectivity index is 2.25. The fraction of sp³-hybridized carbons (Fsp3) is 0.267. The molecule has 1 atom stereocenters. The first-order valence-corrected chi connectivity index (χ1v) is 5.76. The van der Waals surface area contributed by atoms with E-state index in [0.29, 0.717) is 6.42 Å². The molecule has 0 spiro atoms. The lowest BCUT2D eigenvalue weighted by atomic mass is 9.89. The Morgan fingerprint density at radius 2 is 2.06 bits per heavy atom. The summed E-state index contributed by atoms with van der Waals surface area (Å²) in [6.07, 6.45) is 4.11. The highest BCUT2D eigenvalue weighted by atomic mass is 16.3. The van der Waals surface area contributed by atoms with Gasteiger partial charge in [-0.2, -0.15) is 0 Å². The highest BCUT2D eigenvalue weighted by Crippen LogP contribution is 2.25. The number of aliphatic hydroxyl groups is 1. The van der Waals surface area contributed by atoms with E-state index in [4.69, 9.17) is 0 Å². The highest BCUT2D eigenvalue weighted by molar-refractivity contribution is 5.28. The molecule has 2 heteroatoms. The van der Waals surface area contributed by atoms with Crippen LogP contribution in [0, 0.1) is 6.92 Å². The Hall–Kier alpha value is -1.67. The summed E-state index contributed by atoms with van der Waals surface area (Å²) in [5, 5.41) is 10.5. The Kier molecular flexibility index (Phi) is 3.25. The number of rotatable bonds is 3. The lowest BCUT2D eigenvalue weighted by Crippen LogP contribution is -2.24. The normalized spacial score (nSPS) is 14.3. The minimum Gasteiger partial charge on any atom is -0.385 e. The number of nitrogens with zero attached hydrogens (tertiary/aromatic N) is 1. The monoisotopic (exact) mass is 227 g/mol. The fourth-order valence-corrected chi connectivity index (χ4v) is 1.98. The maximum atomic E-state index is 10.5. The van der Waals surface area contributed by atoms with E-state index < -0.39 is 5.60 Å². The third-order valence-electron chi connectivity index (χ3n) is 2.91. The summed E-state index contributed by atoms with van der Waals surface area (Å²) in [6, 6.07) is 11.9. The molecule has 1 N–H and O–H groups in total. The van der Waals surface area contributed by atoms with Crippen molar-refractivity contribution in [2.45, 2.75) is 25.9 Å². The van der Waals surface area contributed by atoms with E-state index in [0.717, 1.165) is 16.7 Å². The molecule has 0 aliphatic rings. The predicted octanol–water partition coefficient (Wildman–Crippen LogP) is 2.84. The molecule has 0 saturated heterocycles. The zero-order valence-electron chi connectivity index (χ0n) is 10.2. The van der Waals surface area contributed by atoms with Crippen LogP contribution in [0.15, 0.2) is 48.8 Å². The average Bonchev–Trinajstić information content (AvgIpc) is 2.30. The van der Waals surface area contributed by atoms with Crippen LogP contribution >= 0.6 is 0 Å². The molecule has 1 heterocycles. The van der Waals surface area contributed by atoms with E-state index in [-0.39, 0.29) is 0 Å². The van der Waals surface area contributed by atoms with Gasteiger partial charge in [0.1, 0.15) is 0 Å². The average molecular weight is 227 g/mol. The van der Waals surface area contributed by atoms with Crippen molar-refractivity contribution >= 4 is 0 Å². The smallest absolute Gasteiger partial charge is 0.0909 e. The van der Waals surface area contributed by atoms with Crippen LogP contribution in [0.3, 0.4) is 0 Å². The number of pyridine rings is 1. The van der Waals surface area contributed by atoms with Gasteiger partial charge in [-0.05, 0) is 31.0 Å². The maximum Gasteiger partial charge on any atom is 0.0909 e. The second-order valence-corrected chi connectivity index (χ2v) is 4.68. The van der Waals surface area contributed by atoms with Crippen molar-refractivity contribution in [2.24, 2.45) is 0 Å². The molecule has 0 aliphatic carbocycles. The minimum atomic E-state index is -0.852. The summed E-state index contributed by atoms with van der Waals surface area (Å²) in [5.41, 5.74) is 2.30. The quantitative estimate of drug-likeness (QED) is 0.874. The van der Waals surface area contributed by atoms with Gasteiger partial charge in [-0.15, -0.1) is 0 Å². The number of aryl methyl sites for hydroxylation is 1. The lowest BCUT2D eigenvalue weighted by molar-refractivity contribution is 0.0575. The van der Waals surface area contributed by atoms with E-state index >= 15 is 0 Å². The first-order chi connectivity index (χ1) is 8.08. The molecule has 0 radical (unpaired) electrons. The summed E-state index contributed by atoms with van der Waals surface area (Å²) in [7, 11) is 0. The van der Waals surface area contributed by atoms with Crippen molar-refractivity contribution in [1.82, 2.24) is 4.98 Å². The van der Waals surface area contributed by atoms with Gasteiger partial charge >= 0.3 is 0 Å². The van der Waals surface area contributed by atoms with Crippen molar-refractivity contribution in [3.63, 3.8) is 0 Å². The largest absolute Gasteiger partial charge is 0.385 e. The van der Waals surface area contributed by atoms with Crippen LogP contribution in [0.2, 0.25) is 0 Å². The van der Waals surface area contributed by atoms with Crippen LogP contribution in [0.5, 0.6) is 0 Å². The first kappa shape index (κ1) is 11.8. The Bertz CT molecular complexity index is 491. The zero-order chi connectivity index (χ0) is 12.3. The Morgan fingerprint density at radius 1 is 1.24 bits per heavy atom. The molecular formula is C15H17NO. The van der Waals surface area contributed by atoms with E-state index in [1.54, 1.807) is 12.4 Å². The topological polar surface area (TPSA) is 33.1 Å². The van der Waals surface area contributed by atoms with Crippen LogP contribution in [0.25, 0.3) is 0 Å². The number of hydrogen-bond acceptors (Lipinski definition) is 2. The van der Waals surface area contributed by atoms with Crippen molar-refractivity contribution in [1.29, 1.82) is 0 Å². The van der Waals surface area contributed by atoms with Crippen LogP contribution in [0.1, 0.15) is 23.6 Å².